The first-order valence-corrected chi connectivity index (χ1v) is 6.10. The number of aryl methyl sites for hydroxylation is 1. The van der Waals surface area contributed by atoms with Crippen molar-refractivity contribution in [2.75, 3.05) is 0 Å². The minimum Gasteiger partial charge on any atom is -0.435 e. The van der Waals surface area contributed by atoms with Crippen molar-refractivity contribution in [3.63, 3.8) is 0 Å². The number of benzene rings is 1. The maximum atomic E-state index is 11.6. The van der Waals surface area contributed by atoms with Crippen molar-refractivity contribution in [2.24, 2.45) is 0 Å². The molecule has 4 nitrogen and oxygen atoms in total. The van der Waals surface area contributed by atoms with E-state index >= 15 is 0 Å². The molecular formula is C11H9ClN2O2S. The summed E-state index contributed by atoms with van der Waals surface area (Å²) >= 11 is 6.45. The van der Waals surface area contributed by atoms with Gasteiger partial charge in [-0.25, -0.2) is 0 Å². The first-order valence-electron chi connectivity index (χ1n) is 5.00. The highest BCUT2D eigenvalue weighted by atomic mass is 35.5. The van der Waals surface area contributed by atoms with Crippen molar-refractivity contribution in [3.05, 3.63) is 45.2 Å². The molecule has 0 fully saturated rings. The van der Waals surface area contributed by atoms with Gasteiger partial charge in [-0.05, 0) is 24.1 Å². The second-order valence-corrected chi connectivity index (χ2v) is 4.18. The average Bonchev–Trinajstić information content (AvgIpc) is 2.35. The van der Waals surface area contributed by atoms with Crippen LogP contribution in [-0.4, -0.2) is 8.75 Å². The van der Waals surface area contributed by atoms with Gasteiger partial charge in [0.25, 0.3) is 11.3 Å². The molecule has 0 aliphatic rings. The molecule has 0 aliphatic heterocycles. The van der Waals surface area contributed by atoms with E-state index in [0.717, 1.165) is 23.7 Å². The minimum atomic E-state index is -0.493. The molecule has 0 aliphatic carbocycles. The van der Waals surface area contributed by atoms with Crippen molar-refractivity contribution in [3.8, 4) is 11.6 Å². The fraction of sp³-hybridized carbons (Fsp3) is 0.182. The molecule has 17 heavy (non-hydrogen) atoms. The van der Waals surface area contributed by atoms with Crippen LogP contribution in [0.3, 0.4) is 0 Å². The van der Waals surface area contributed by atoms with E-state index in [9.17, 15) is 4.79 Å². The van der Waals surface area contributed by atoms with Gasteiger partial charge in [0.15, 0.2) is 5.15 Å². The van der Waals surface area contributed by atoms with Gasteiger partial charge in [0, 0.05) is 0 Å². The van der Waals surface area contributed by atoms with E-state index in [1.54, 1.807) is 6.07 Å². The van der Waals surface area contributed by atoms with E-state index in [4.69, 9.17) is 16.3 Å². The second-order valence-electron chi connectivity index (χ2n) is 3.29. The van der Waals surface area contributed by atoms with Gasteiger partial charge in [0.05, 0.1) is 11.7 Å². The third-order valence-corrected chi connectivity index (χ3v) is 3.02. The molecular weight excluding hydrogens is 260 g/mol. The Morgan fingerprint density at radius 2 is 2.24 bits per heavy atom. The van der Waals surface area contributed by atoms with Crippen LogP contribution in [0.5, 0.6) is 11.6 Å². The molecule has 1 heterocycles. The molecule has 0 radical (unpaired) electrons. The number of hydrogen-bond acceptors (Lipinski definition) is 5. The maximum Gasteiger partial charge on any atom is 0.283 e. The first kappa shape index (κ1) is 12.0. The van der Waals surface area contributed by atoms with E-state index in [2.05, 4.69) is 8.75 Å². The van der Waals surface area contributed by atoms with E-state index in [0.29, 0.717) is 5.75 Å². The fourth-order valence-corrected chi connectivity index (χ4v) is 1.83. The van der Waals surface area contributed by atoms with Crippen LogP contribution in [0.15, 0.2) is 29.1 Å². The van der Waals surface area contributed by atoms with Crippen LogP contribution >= 0.6 is 23.3 Å². The lowest BCUT2D eigenvalue weighted by atomic mass is 10.2. The summed E-state index contributed by atoms with van der Waals surface area (Å²) in [6, 6.07) is 7.48. The average molecular weight is 269 g/mol. The third-order valence-electron chi connectivity index (χ3n) is 2.15. The number of nitrogens with zero attached hydrogens (tertiary/aromatic N) is 2. The predicted octanol–water partition coefficient (Wildman–Crippen LogP) is 2.91. The Balaban J connectivity index is 2.31. The van der Waals surface area contributed by atoms with Crippen LogP contribution in [0.4, 0.5) is 0 Å². The predicted molar refractivity (Wildman–Crippen MR) is 67.1 cm³/mol. The van der Waals surface area contributed by atoms with Crippen molar-refractivity contribution in [1.82, 2.24) is 8.75 Å². The number of rotatable bonds is 3. The highest BCUT2D eigenvalue weighted by Gasteiger charge is 2.09. The summed E-state index contributed by atoms with van der Waals surface area (Å²) in [5.74, 6) is 0.534. The van der Waals surface area contributed by atoms with Crippen molar-refractivity contribution < 1.29 is 4.74 Å². The maximum absolute atomic E-state index is 11.6. The zero-order valence-electron chi connectivity index (χ0n) is 9.01. The topological polar surface area (TPSA) is 52.1 Å². The first-order chi connectivity index (χ1) is 8.20. The highest BCUT2D eigenvalue weighted by Crippen LogP contribution is 2.19. The number of hydrogen-bond donors (Lipinski definition) is 0. The van der Waals surface area contributed by atoms with Gasteiger partial charge in [-0.15, -0.1) is 4.37 Å². The third kappa shape index (κ3) is 2.81. The molecule has 0 saturated heterocycles. The standard InChI is InChI=1S/C11H9ClN2O2S/c1-2-7-4-3-5-8(6-7)16-11-9(15)10(12)13-17-14-11/h3-6H,2H2,1H3. The summed E-state index contributed by atoms with van der Waals surface area (Å²) in [4.78, 5) is 11.6. The molecule has 0 spiro atoms. The quantitative estimate of drug-likeness (QED) is 0.859. The van der Waals surface area contributed by atoms with Crippen LogP contribution in [0.25, 0.3) is 0 Å². The SMILES string of the molecule is CCc1cccc(Oc2nsnc(Cl)c2=O)c1. The summed E-state index contributed by atoms with van der Waals surface area (Å²) < 4.78 is 12.8. The summed E-state index contributed by atoms with van der Waals surface area (Å²) in [6.45, 7) is 2.04. The van der Waals surface area contributed by atoms with Crippen LogP contribution < -0.4 is 10.2 Å². The molecule has 1 aromatic carbocycles. The smallest absolute Gasteiger partial charge is 0.283 e. The van der Waals surface area contributed by atoms with Gasteiger partial charge in [0.1, 0.15) is 5.75 Å². The Morgan fingerprint density at radius 1 is 1.41 bits per heavy atom. The Kier molecular flexibility index (Phi) is 3.71. The fourth-order valence-electron chi connectivity index (χ4n) is 1.27. The Labute approximate surface area is 107 Å². The lowest BCUT2D eigenvalue weighted by molar-refractivity contribution is 0.461. The van der Waals surface area contributed by atoms with Gasteiger partial charge >= 0.3 is 0 Å². The molecule has 2 rings (SSSR count). The summed E-state index contributed by atoms with van der Waals surface area (Å²) in [5, 5.41) is -0.119. The Hall–Kier alpha value is -1.46. The molecule has 0 saturated carbocycles. The largest absolute Gasteiger partial charge is 0.435 e. The van der Waals surface area contributed by atoms with Crippen LogP contribution in [0.2, 0.25) is 5.15 Å². The number of aromatic nitrogens is 2. The van der Waals surface area contributed by atoms with E-state index in [1.165, 1.54) is 0 Å². The Bertz CT molecular complexity index is 586. The second kappa shape index (κ2) is 5.25. The van der Waals surface area contributed by atoms with Gasteiger partial charge in [0.2, 0.25) is 0 Å². The number of ether oxygens (including phenoxy) is 1. The normalized spacial score (nSPS) is 10.2. The molecule has 6 heteroatoms. The van der Waals surface area contributed by atoms with Crippen LogP contribution in [0, 0.1) is 0 Å². The summed E-state index contributed by atoms with van der Waals surface area (Å²) in [6.07, 6.45) is 0.897. The molecule has 0 N–H and O–H groups in total. The summed E-state index contributed by atoms with van der Waals surface area (Å²) in [7, 11) is 0. The lowest BCUT2D eigenvalue weighted by Crippen LogP contribution is -2.07. The molecule has 0 atom stereocenters. The van der Waals surface area contributed by atoms with E-state index < -0.39 is 5.43 Å². The van der Waals surface area contributed by atoms with Gasteiger partial charge < -0.3 is 4.74 Å². The van der Waals surface area contributed by atoms with E-state index in [1.807, 2.05) is 25.1 Å². The van der Waals surface area contributed by atoms with Crippen molar-refractivity contribution in [2.45, 2.75) is 13.3 Å². The van der Waals surface area contributed by atoms with Gasteiger partial charge in [-0.3, -0.25) is 4.79 Å². The molecule has 88 valence electrons. The summed E-state index contributed by atoms with van der Waals surface area (Å²) in [5.41, 5.74) is 0.631. The van der Waals surface area contributed by atoms with Crippen LogP contribution in [0.1, 0.15) is 12.5 Å². The monoisotopic (exact) mass is 268 g/mol. The van der Waals surface area contributed by atoms with Crippen LogP contribution in [-0.2, 0) is 6.42 Å². The zero-order valence-corrected chi connectivity index (χ0v) is 10.6. The zero-order chi connectivity index (χ0) is 12.3. The molecule has 0 unspecified atom stereocenters. The highest BCUT2D eigenvalue weighted by molar-refractivity contribution is 6.99. The lowest BCUT2D eigenvalue weighted by Gasteiger charge is -2.04. The van der Waals surface area contributed by atoms with E-state index in [-0.39, 0.29) is 11.0 Å². The van der Waals surface area contributed by atoms with Gasteiger partial charge in [-0.1, -0.05) is 30.7 Å². The molecule has 0 bridgehead atoms. The molecule has 0 amide bonds. The Morgan fingerprint density at radius 3 is 3.00 bits per heavy atom. The molecule has 1 aromatic heterocycles. The minimum absolute atomic E-state index is 0.0387. The van der Waals surface area contributed by atoms with Crippen molar-refractivity contribution in [1.29, 1.82) is 0 Å². The van der Waals surface area contributed by atoms with Gasteiger partial charge in [-0.2, -0.15) is 4.37 Å². The number of halogens is 1. The molecule has 2 aromatic rings. The van der Waals surface area contributed by atoms with Crippen molar-refractivity contribution >= 4 is 23.3 Å².